The van der Waals surface area contributed by atoms with E-state index in [1.807, 2.05) is 0 Å². The molecule has 3 amide bonds. The first-order valence-electron chi connectivity index (χ1n) is 3.01. The zero-order valence-corrected chi connectivity index (χ0v) is 7.38. The molecule has 0 unspecified atom stereocenters. The number of hydrogen-bond acceptors (Lipinski definition) is 3. The van der Waals surface area contributed by atoms with E-state index >= 15 is 0 Å². The molecule has 0 saturated heterocycles. The minimum Gasteiger partial charge on any atom is -1.00 e. The van der Waals surface area contributed by atoms with Crippen molar-refractivity contribution in [3.63, 3.8) is 0 Å². The number of aromatic amines is 1. The number of amides is 3. The third-order valence-corrected chi connectivity index (χ3v) is 1.39. The van der Waals surface area contributed by atoms with Crippen LogP contribution in [0.3, 0.4) is 0 Å². The highest BCUT2D eigenvalue weighted by atomic mass is 79.9. The Kier molecular flexibility index (Phi) is 2.25. The lowest BCUT2D eigenvalue weighted by molar-refractivity contribution is -0.447. The number of aromatic nitrogens is 2. The molecule has 6 nitrogen and oxygen atoms in total. The van der Waals surface area contributed by atoms with Crippen LogP contribution >= 0.6 is 0 Å². The second-order valence-electron chi connectivity index (χ2n) is 2.12. The normalized spacial score (nSPS) is 14.7. The van der Waals surface area contributed by atoms with Crippen molar-refractivity contribution in [2.75, 3.05) is 5.32 Å². The highest BCUT2D eigenvalue weighted by Gasteiger charge is 2.28. The first-order chi connectivity index (χ1) is 5.27. The lowest BCUT2D eigenvalue weighted by Crippen LogP contribution is -3.00. The van der Waals surface area contributed by atoms with Crippen LogP contribution in [0.4, 0.5) is 10.6 Å². The summed E-state index contributed by atoms with van der Waals surface area (Å²) in [5.41, 5.74) is 0.338. The number of halogens is 1. The van der Waals surface area contributed by atoms with Crippen LogP contribution in [-0.4, -0.2) is 21.9 Å². The Hall–Kier alpha value is -1.21. The number of nitrogens with zero attached hydrogens (tertiary/aromatic N) is 1. The van der Waals surface area contributed by atoms with Gasteiger partial charge in [-0.2, -0.15) is 5.32 Å². The van der Waals surface area contributed by atoms with Crippen molar-refractivity contribution < 1.29 is 31.9 Å². The van der Waals surface area contributed by atoms with Crippen molar-refractivity contribution in [2.24, 2.45) is 0 Å². The number of imide groups is 1. The van der Waals surface area contributed by atoms with Gasteiger partial charge in [0.2, 0.25) is 0 Å². The van der Waals surface area contributed by atoms with Gasteiger partial charge < -0.3 is 22.0 Å². The van der Waals surface area contributed by atoms with Crippen molar-refractivity contribution in [2.45, 2.75) is 0 Å². The van der Waals surface area contributed by atoms with Crippen LogP contribution in [0.5, 0.6) is 0 Å². The molecule has 1 aliphatic rings. The van der Waals surface area contributed by atoms with E-state index < -0.39 is 6.03 Å². The number of hydrogen-bond donors (Lipinski definition) is 3. The van der Waals surface area contributed by atoms with E-state index in [0.717, 1.165) is 5.32 Å². The Labute approximate surface area is 77.5 Å². The second kappa shape index (κ2) is 3.03. The van der Waals surface area contributed by atoms with Crippen molar-refractivity contribution in [3.05, 3.63) is 12.0 Å². The first kappa shape index (κ1) is 8.88. The molecule has 0 aromatic carbocycles. The fourth-order valence-corrected chi connectivity index (χ4v) is 0.921. The van der Waals surface area contributed by atoms with Gasteiger partial charge in [-0.05, 0) is 0 Å². The van der Waals surface area contributed by atoms with Gasteiger partial charge in [0.1, 0.15) is 0 Å². The molecule has 0 atom stereocenters. The van der Waals surface area contributed by atoms with Gasteiger partial charge in [-0.3, -0.25) is 5.32 Å². The number of urea groups is 1. The molecule has 4 N–H and O–H groups in total. The van der Waals surface area contributed by atoms with Crippen LogP contribution in [0.15, 0.2) is 6.33 Å². The summed E-state index contributed by atoms with van der Waals surface area (Å²) < 4.78 is 0. The number of fused-ring (bicyclic) bond motifs is 1. The summed E-state index contributed by atoms with van der Waals surface area (Å²) in [6, 6.07) is -0.422. The zero-order valence-electron chi connectivity index (χ0n) is 5.80. The lowest BCUT2D eigenvalue weighted by atomic mass is 10.3. The van der Waals surface area contributed by atoms with Crippen molar-refractivity contribution in [1.82, 2.24) is 9.97 Å². The van der Waals surface area contributed by atoms with Crippen LogP contribution in [-0.2, 0) is 0 Å². The van der Waals surface area contributed by atoms with E-state index in [1.165, 1.54) is 6.33 Å². The Morgan fingerprint density at radius 1 is 1.42 bits per heavy atom. The average Bonchev–Trinajstić information content (AvgIpc) is 2.34. The number of carbonyl (C=O) groups is 2. The van der Waals surface area contributed by atoms with Crippen LogP contribution in [0.25, 0.3) is 0 Å². The van der Waals surface area contributed by atoms with Gasteiger partial charge >= 0.3 is 11.9 Å². The molecule has 1 aliphatic heterocycles. The summed E-state index contributed by atoms with van der Waals surface area (Å²) in [7, 11) is 0. The van der Waals surface area contributed by atoms with E-state index in [0.29, 0.717) is 11.5 Å². The highest BCUT2D eigenvalue weighted by Crippen LogP contribution is 2.08. The number of carbonyl (C=O) groups excluding carboxylic acids is 2. The summed E-state index contributed by atoms with van der Waals surface area (Å²) in [5.74, 6) is -0.0243. The number of imidazole rings is 1. The third kappa shape index (κ3) is 1.23. The van der Waals surface area contributed by atoms with Crippen molar-refractivity contribution in [3.8, 4) is 0 Å². The lowest BCUT2D eigenvalue weighted by Gasteiger charge is -2.04. The average molecular weight is 233 g/mol. The van der Waals surface area contributed by atoms with Crippen LogP contribution < -0.4 is 27.6 Å². The van der Waals surface area contributed by atoms with Gasteiger partial charge in [0.15, 0.2) is 11.5 Å². The van der Waals surface area contributed by atoms with E-state index in [4.69, 9.17) is 0 Å². The van der Waals surface area contributed by atoms with Crippen LogP contribution in [0.2, 0.25) is 0 Å². The number of quaternary nitrogens is 1. The molecule has 0 bridgehead atoms. The highest BCUT2D eigenvalue weighted by molar-refractivity contribution is 6.02. The molecule has 12 heavy (non-hydrogen) atoms. The molecule has 2 rings (SSSR count). The fourth-order valence-electron chi connectivity index (χ4n) is 0.921. The second-order valence-corrected chi connectivity index (χ2v) is 2.12. The molecule has 7 heteroatoms. The predicted molar refractivity (Wildman–Crippen MR) is 33.9 cm³/mol. The molecule has 0 saturated carbocycles. The molecule has 0 radical (unpaired) electrons. The van der Waals surface area contributed by atoms with Crippen molar-refractivity contribution >= 4 is 17.8 Å². The summed E-state index contributed by atoms with van der Waals surface area (Å²) in [6.07, 6.45) is 1.36. The maximum atomic E-state index is 11.0. The molecular formula is C5H5BrN4O2. The predicted octanol–water partition coefficient (Wildman–Crippen LogP) is -4.34. The van der Waals surface area contributed by atoms with E-state index in [9.17, 15) is 9.59 Å². The van der Waals surface area contributed by atoms with Gasteiger partial charge in [0.25, 0.3) is 0 Å². The summed E-state index contributed by atoms with van der Waals surface area (Å²) in [5, 5.41) is 3.40. The standard InChI is InChI=1S/C5H4N4O2.BrH/c10-4-2-3(7-1-6-2)8-5(11)9-4;/h1H,(H3,6,7,8,9,10,11);1H. The molecule has 0 spiro atoms. The SMILES string of the molecule is O=C1Nc2nc[nH]c2C(=O)[NH2+]1.[Br-]. The molecule has 2 heterocycles. The topological polar surface area (TPSA) is 91.5 Å². The smallest absolute Gasteiger partial charge is 0.426 e. The quantitative estimate of drug-likeness (QED) is 0.423. The largest absolute Gasteiger partial charge is 1.00 e. The maximum Gasteiger partial charge on any atom is 0.426 e. The van der Waals surface area contributed by atoms with Crippen LogP contribution in [0, 0.1) is 0 Å². The Morgan fingerprint density at radius 2 is 2.17 bits per heavy atom. The van der Waals surface area contributed by atoms with Gasteiger partial charge in [0, 0.05) is 0 Å². The number of primary amides is 2. The summed E-state index contributed by atoms with van der Waals surface area (Å²) in [4.78, 5) is 28.0. The maximum absolute atomic E-state index is 11.0. The van der Waals surface area contributed by atoms with E-state index in [2.05, 4.69) is 15.3 Å². The third-order valence-electron chi connectivity index (χ3n) is 1.39. The Morgan fingerprint density at radius 3 is 2.92 bits per heavy atom. The fraction of sp³-hybridized carbons (Fsp3) is 0. The Bertz CT molecular complexity index is 334. The molecule has 1 aromatic rings. The van der Waals surface area contributed by atoms with Gasteiger partial charge in [0.05, 0.1) is 6.33 Å². The van der Waals surface area contributed by atoms with E-state index in [1.54, 1.807) is 0 Å². The minimum absolute atomic E-state index is 0. The molecule has 64 valence electrons. The molecule has 0 aliphatic carbocycles. The zero-order chi connectivity index (χ0) is 7.84. The number of rotatable bonds is 0. The number of H-pyrrole nitrogens is 1. The number of anilines is 1. The van der Waals surface area contributed by atoms with Gasteiger partial charge in [-0.1, -0.05) is 0 Å². The monoisotopic (exact) mass is 232 g/mol. The minimum atomic E-state index is -0.422. The molecule has 0 fully saturated rings. The number of nitrogens with two attached hydrogens (primary N) is 1. The summed E-state index contributed by atoms with van der Waals surface area (Å²) >= 11 is 0. The molecule has 1 aromatic heterocycles. The first-order valence-corrected chi connectivity index (χ1v) is 3.01. The Balaban J connectivity index is 0.000000720. The van der Waals surface area contributed by atoms with Crippen molar-refractivity contribution in [1.29, 1.82) is 0 Å². The molecular weight excluding hydrogens is 228 g/mol. The van der Waals surface area contributed by atoms with Gasteiger partial charge in [-0.25, -0.2) is 14.6 Å². The van der Waals surface area contributed by atoms with Gasteiger partial charge in [-0.15, -0.1) is 0 Å². The van der Waals surface area contributed by atoms with E-state index in [-0.39, 0.29) is 22.9 Å². The van der Waals surface area contributed by atoms with Crippen LogP contribution in [0.1, 0.15) is 10.5 Å². The number of nitrogens with one attached hydrogen (secondary N) is 2. The summed E-state index contributed by atoms with van der Waals surface area (Å²) in [6.45, 7) is 0.